The Bertz CT molecular complexity index is 499. The van der Waals surface area contributed by atoms with Crippen LogP contribution in [0.4, 0.5) is 0 Å². The number of rotatable bonds is 5. The zero-order valence-corrected chi connectivity index (χ0v) is 16.2. The van der Waals surface area contributed by atoms with E-state index in [1.807, 2.05) is 4.90 Å². The molecule has 1 unspecified atom stereocenters. The van der Waals surface area contributed by atoms with Crippen LogP contribution < -0.4 is 10.6 Å². The third-order valence-electron chi connectivity index (χ3n) is 5.98. The van der Waals surface area contributed by atoms with E-state index in [0.717, 1.165) is 31.8 Å². The highest BCUT2D eigenvalue weighted by Crippen LogP contribution is 2.35. The van der Waals surface area contributed by atoms with Gasteiger partial charge in [-0.05, 0) is 69.0 Å². The number of nitrogens with one attached hydrogen (secondary N) is 2. The molecular formula is C20H33N3OS. The van der Waals surface area contributed by atoms with Gasteiger partial charge in [-0.15, -0.1) is 0 Å². The summed E-state index contributed by atoms with van der Waals surface area (Å²) >= 11 is 5.37. The zero-order chi connectivity index (χ0) is 17.5. The van der Waals surface area contributed by atoms with Crippen molar-refractivity contribution in [3.8, 4) is 0 Å². The van der Waals surface area contributed by atoms with Crippen molar-refractivity contribution in [3.63, 3.8) is 0 Å². The number of hydrogen-bond donors (Lipinski definition) is 2. The highest BCUT2D eigenvalue weighted by Gasteiger charge is 2.29. The average molecular weight is 364 g/mol. The summed E-state index contributed by atoms with van der Waals surface area (Å²) < 4.78 is 0. The first kappa shape index (κ1) is 18.7. The first-order valence-corrected chi connectivity index (χ1v) is 10.7. The number of piperidine rings is 1. The predicted octanol–water partition coefficient (Wildman–Crippen LogP) is 3.73. The molecule has 0 radical (unpaired) electrons. The summed E-state index contributed by atoms with van der Waals surface area (Å²) in [4.78, 5) is 14.7. The number of likely N-dealkylation sites (tertiary alicyclic amines) is 1. The summed E-state index contributed by atoms with van der Waals surface area (Å²) in [7, 11) is 0. The maximum atomic E-state index is 12.6. The lowest BCUT2D eigenvalue weighted by molar-refractivity contribution is -0.130. The smallest absolute Gasteiger partial charge is 0.228 e. The fourth-order valence-electron chi connectivity index (χ4n) is 4.55. The highest BCUT2D eigenvalue weighted by atomic mass is 32.1. The minimum Gasteiger partial charge on any atom is -0.362 e. The van der Waals surface area contributed by atoms with Crippen molar-refractivity contribution in [1.82, 2.24) is 15.5 Å². The number of thiocarbonyl (C=S) groups is 1. The van der Waals surface area contributed by atoms with Gasteiger partial charge in [0.15, 0.2) is 5.11 Å². The number of nitrogens with zero attached hydrogens (tertiary/aromatic N) is 1. The van der Waals surface area contributed by atoms with E-state index in [0.29, 0.717) is 24.0 Å². The number of amides is 1. The minimum absolute atomic E-state index is 0.250. The molecule has 1 atom stereocenters. The van der Waals surface area contributed by atoms with E-state index in [1.165, 1.54) is 57.1 Å². The van der Waals surface area contributed by atoms with E-state index in [1.54, 1.807) is 0 Å². The van der Waals surface area contributed by atoms with Crippen molar-refractivity contribution in [1.29, 1.82) is 0 Å². The molecule has 1 amide bonds. The van der Waals surface area contributed by atoms with E-state index >= 15 is 0 Å². The molecular weight excluding hydrogens is 330 g/mol. The average Bonchev–Trinajstić information content (AvgIpc) is 2.66. The second-order valence-corrected chi connectivity index (χ2v) is 8.24. The van der Waals surface area contributed by atoms with Crippen LogP contribution in [0.1, 0.15) is 70.6 Å². The summed E-state index contributed by atoms with van der Waals surface area (Å²) in [6.07, 6.45) is 15.6. The Morgan fingerprint density at radius 1 is 1.08 bits per heavy atom. The zero-order valence-electron chi connectivity index (χ0n) is 15.4. The lowest BCUT2D eigenvalue weighted by Gasteiger charge is -2.38. The Labute approximate surface area is 157 Å². The lowest BCUT2D eigenvalue weighted by atomic mass is 9.85. The van der Waals surface area contributed by atoms with Gasteiger partial charge in [-0.1, -0.05) is 25.3 Å². The summed E-state index contributed by atoms with van der Waals surface area (Å²) in [5.41, 5.74) is 1.31. The third-order valence-corrected chi connectivity index (χ3v) is 6.26. The van der Waals surface area contributed by atoms with Crippen LogP contribution in [0.2, 0.25) is 0 Å². The van der Waals surface area contributed by atoms with Gasteiger partial charge >= 0.3 is 0 Å². The summed E-state index contributed by atoms with van der Waals surface area (Å²) in [6.45, 7) is 2.50. The first-order valence-electron chi connectivity index (χ1n) is 10.3. The van der Waals surface area contributed by atoms with Gasteiger partial charge in [0.2, 0.25) is 5.91 Å². The molecule has 1 saturated carbocycles. The van der Waals surface area contributed by atoms with Crippen LogP contribution in [0.15, 0.2) is 11.8 Å². The van der Waals surface area contributed by atoms with Gasteiger partial charge in [-0.2, -0.15) is 0 Å². The van der Waals surface area contributed by atoms with E-state index in [4.69, 9.17) is 12.2 Å². The molecule has 0 aromatic carbocycles. The lowest BCUT2D eigenvalue weighted by Crippen LogP contribution is -2.42. The van der Waals surface area contributed by atoms with Crippen LogP contribution in [0.25, 0.3) is 0 Å². The monoisotopic (exact) mass is 363 g/mol. The van der Waals surface area contributed by atoms with Crippen LogP contribution in [-0.4, -0.2) is 35.6 Å². The predicted molar refractivity (Wildman–Crippen MR) is 106 cm³/mol. The summed E-state index contributed by atoms with van der Waals surface area (Å²) in [5.74, 6) is 1.64. The van der Waals surface area contributed by atoms with Crippen molar-refractivity contribution >= 4 is 23.2 Å². The van der Waals surface area contributed by atoms with Gasteiger partial charge in [-0.3, -0.25) is 4.79 Å². The molecule has 0 spiro atoms. The quantitative estimate of drug-likeness (QED) is 0.731. The molecule has 2 aliphatic carbocycles. The van der Waals surface area contributed by atoms with Gasteiger partial charge < -0.3 is 15.5 Å². The molecule has 2 fully saturated rings. The number of hydrogen-bond acceptors (Lipinski definition) is 2. The van der Waals surface area contributed by atoms with Crippen molar-refractivity contribution in [2.75, 3.05) is 19.6 Å². The fraction of sp³-hybridized carbons (Fsp3) is 0.800. The van der Waals surface area contributed by atoms with Crippen LogP contribution in [-0.2, 0) is 4.79 Å². The van der Waals surface area contributed by atoms with Crippen LogP contribution in [0.5, 0.6) is 0 Å². The maximum Gasteiger partial charge on any atom is 0.228 e. The molecule has 3 aliphatic rings. The van der Waals surface area contributed by atoms with E-state index < -0.39 is 0 Å². The van der Waals surface area contributed by atoms with E-state index in [-0.39, 0.29) is 5.91 Å². The number of carbonyl (C=O) groups excluding carboxylic acids is 1. The Balaban J connectivity index is 1.35. The standard InChI is InChI=1S/C20H33N3OS/c24-19(23-14-6-10-17-9-4-5-11-18(17)23)12-13-21-20(25)22-15-16-7-2-1-3-8-16/h11,16-17H,1-10,12-15H2,(H2,21,22,25). The van der Waals surface area contributed by atoms with Gasteiger partial charge in [0.1, 0.15) is 0 Å². The second-order valence-electron chi connectivity index (χ2n) is 7.84. The molecule has 4 nitrogen and oxygen atoms in total. The van der Waals surface area contributed by atoms with Crippen molar-refractivity contribution in [2.45, 2.75) is 70.6 Å². The molecule has 3 rings (SSSR count). The number of allylic oxidation sites excluding steroid dienone is 2. The Morgan fingerprint density at radius 3 is 2.72 bits per heavy atom. The SMILES string of the molecule is O=C(CCNC(=S)NCC1CCCCC1)N1CCCC2CCCC=C21. The van der Waals surface area contributed by atoms with E-state index in [2.05, 4.69) is 16.7 Å². The molecule has 0 bridgehead atoms. The molecule has 1 aliphatic heterocycles. The van der Waals surface area contributed by atoms with Crippen molar-refractivity contribution in [3.05, 3.63) is 11.8 Å². The van der Waals surface area contributed by atoms with E-state index in [9.17, 15) is 4.79 Å². The largest absolute Gasteiger partial charge is 0.362 e. The number of fused-ring (bicyclic) bond motifs is 1. The van der Waals surface area contributed by atoms with Crippen LogP contribution in [0, 0.1) is 11.8 Å². The molecule has 25 heavy (non-hydrogen) atoms. The Hall–Kier alpha value is -1.10. The molecule has 1 heterocycles. The van der Waals surface area contributed by atoms with Crippen LogP contribution >= 0.6 is 12.2 Å². The maximum absolute atomic E-state index is 12.6. The second kappa shape index (κ2) is 9.56. The molecule has 140 valence electrons. The normalized spacial score (nSPS) is 24.2. The molecule has 1 saturated heterocycles. The van der Waals surface area contributed by atoms with Gasteiger partial charge in [0.05, 0.1) is 0 Å². The van der Waals surface area contributed by atoms with Gasteiger partial charge in [0.25, 0.3) is 0 Å². The molecule has 5 heteroatoms. The molecule has 0 aromatic heterocycles. The Morgan fingerprint density at radius 2 is 1.88 bits per heavy atom. The number of carbonyl (C=O) groups is 1. The highest BCUT2D eigenvalue weighted by molar-refractivity contribution is 7.80. The topological polar surface area (TPSA) is 44.4 Å². The van der Waals surface area contributed by atoms with Gasteiger partial charge in [-0.25, -0.2) is 0 Å². The van der Waals surface area contributed by atoms with Crippen molar-refractivity contribution in [2.24, 2.45) is 11.8 Å². The minimum atomic E-state index is 0.250. The Kier molecular flexibility index (Phi) is 7.14. The summed E-state index contributed by atoms with van der Waals surface area (Å²) in [6, 6.07) is 0. The van der Waals surface area contributed by atoms with Crippen LogP contribution in [0.3, 0.4) is 0 Å². The molecule has 0 aromatic rings. The fourth-order valence-corrected chi connectivity index (χ4v) is 4.74. The molecule has 2 N–H and O–H groups in total. The summed E-state index contributed by atoms with van der Waals surface area (Å²) in [5, 5.41) is 7.25. The van der Waals surface area contributed by atoms with Crippen molar-refractivity contribution < 1.29 is 4.79 Å². The first-order chi connectivity index (χ1) is 12.2. The third kappa shape index (κ3) is 5.44. The van der Waals surface area contributed by atoms with Gasteiger partial charge in [0, 0.05) is 31.8 Å².